The number of aromatic nitrogens is 1. The van der Waals surface area contributed by atoms with Crippen LogP contribution in [0.5, 0.6) is 5.75 Å². The van der Waals surface area contributed by atoms with Gasteiger partial charge in [0.15, 0.2) is 0 Å². The molecule has 31 heavy (non-hydrogen) atoms. The zero-order chi connectivity index (χ0) is 21.9. The van der Waals surface area contributed by atoms with Crippen molar-refractivity contribution >= 4 is 0 Å². The number of rotatable bonds is 13. The largest absolute Gasteiger partial charge is 0.493 e. The van der Waals surface area contributed by atoms with Crippen LogP contribution in [0, 0.1) is 13.8 Å². The van der Waals surface area contributed by atoms with Crippen LogP contribution >= 0.6 is 0 Å². The van der Waals surface area contributed by atoms with Crippen molar-refractivity contribution in [3.8, 4) is 16.9 Å². The first kappa shape index (κ1) is 23.0. The van der Waals surface area contributed by atoms with Gasteiger partial charge in [-0.15, -0.1) is 0 Å². The molecule has 0 saturated heterocycles. The molecule has 6 nitrogen and oxygen atoms in total. The Morgan fingerprint density at radius 1 is 0.903 bits per heavy atom. The molecule has 0 aliphatic heterocycles. The van der Waals surface area contributed by atoms with Crippen molar-refractivity contribution in [2.75, 3.05) is 33.0 Å². The zero-order valence-electron chi connectivity index (χ0n) is 18.3. The summed E-state index contributed by atoms with van der Waals surface area (Å²) in [6.45, 7) is 6.45. The van der Waals surface area contributed by atoms with Crippen LogP contribution < -0.4 is 4.74 Å². The van der Waals surface area contributed by atoms with E-state index in [0.717, 1.165) is 35.6 Å². The van der Waals surface area contributed by atoms with E-state index in [2.05, 4.69) is 55.4 Å². The Labute approximate surface area is 183 Å². The lowest BCUT2D eigenvalue weighted by atomic mass is 9.98. The molecule has 0 radical (unpaired) electrons. The van der Waals surface area contributed by atoms with Gasteiger partial charge in [0, 0.05) is 12.5 Å². The number of aryl methyl sites for hydroxylation is 3. The fourth-order valence-corrected chi connectivity index (χ4v) is 3.31. The molecule has 0 unspecified atom stereocenters. The third kappa shape index (κ3) is 7.21. The van der Waals surface area contributed by atoms with Gasteiger partial charge in [0.05, 0.1) is 39.6 Å². The molecule has 0 fully saturated rings. The first-order valence-corrected chi connectivity index (χ1v) is 10.7. The molecule has 0 amide bonds. The molecule has 3 aromatic rings. The minimum Gasteiger partial charge on any atom is -0.493 e. The van der Waals surface area contributed by atoms with Gasteiger partial charge in [-0.05, 0) is 54.7 Å². The molecular formula is C25H31NO5. The lowest BCUT2D eigenvalue weighted by Gasteiger charge is -2.13. The molecular weight excluding hydrogens is 394 g/mol. The lowest BCUT2D eigenvalue weighted by molar-refractivity contribution is 0.0259. The maximum absolute atomic E-state index is 8.64. The maximum Gasteiger partial charge on any atom is 0.137 e. The highest BCUT2D eigenvalue weighted by atomic mass is 16.5. The third-order valence-corrected chi connectivity index (χ3v) is 4.90. The molecule has 0 aliphatic carbocycles. The van der Waals surface area contributed by atoms with Crippen LogP contribution in [0.15, 0.2) is 53.1 Å². The van der Waals surface area contributed by atoms with Gasteiger partial charge in [-0.1, -0.05) is 35.5 Å². The lowest BCUT2D eigenvalue weighted by Crippen LogP contribution is -2.07. The van der Waals surface area contributed by atoms with Crippen molar-refractivity contribution in [2.45, 2.75) is 33.3 Å². The average Bonchev–Trinajstić information content (AvgIpc) is 3.24. The Kier molecular flexibility index (Phi) is 9.09. The van der Waals surface area contributed by atoms with Crippen LogP contribution in [-0.4, -0.2) is 43.3 Å². The predicted octanol–water partition coefficient (Wildman–Crippen LogP) is 4.50. The van der Waals surface area contributed by atoms with Gasteiger partial charge in [-0.25, -0.2) is 0 Å². The Hall–Kier alpha value is -2.67. The molecule has 1 aromatic heterocycles. The van der Waals surface area contributed by atoms with E-state index in [0.29, 0.717) is 33.0 Å². The summed E-state index contributed by atoms with van der Waals surface area (Å²) in [4.78, 5) is 0. The summed E-state index contributed by atoms with van der Waals surface area (Å²) in [5.74, 6) is 1.75. The number of benzene rings is 2. The molecule has 0 saturated carbocycles. The third-order valence-electron chi connectivity index (χ3n) is 4.90. The standard InChI is InChI=1S/C25H31NO5/c1-19-16-25(20(2)15-24(19)21-7-4-3-5-8-21)30-11-6-9-23-17-22(26-31-23)18-29-14-13-28-12-10-27/h3-5,7-8,15-17,27H,6,9-14,18H2,1-2H3. The maximum atomic E-state index is 8.64. The summed E-state index contributed by atoms with van der Waals surface area (Å²) in [6, 6.07) is 16.6. The summed E-state index contributed by atoms with van der Waals surface area (Å²) >= 11 is 0. The number of hydrogen-bond acceptors (Lipinski definition) is 6. The van der Waals surface area contributed by atoms with E-state index in [1.165, 1.54) is 16.7 Å². The van der Waals surface area contributed by atoms with Crippen LogP contribution in [0.2, 0.25) is 0 Å². The molecule has 1 N–H and O–H groups in total. The van der Waals surface area contributed by atoms with Crippen LogP contribution in [0.25, 0.3) is 11.1 Å². The SMILES string of the molecule is Cc1cc(-c2ccccc2)c(C)cc1OCCCc1cc(COCCOCCO)no1. The fourth-order valence-electron chi connectivity index (χ4n) is 3.31. The van der Waals surface area contributed by atoms with Crippen LogP contribution in [0.4, 0.5) is 0 Å². The minimum atomic E-state index is 0.0224. The quantitative estimate of drug-likeness (QED) is 0.407. The van der Waals surface area contributed by atoms with E-state index in [4.69, 9.17) is 23.8 Å². The number of aliphatic hydroxyl groups excluding tert-OH is 1. The monoisotopic (exact) mass is 425 g/mol. The van der Waals surface area contributed by atoms with E-state index in [1.54, 1.807) is 0 Å². The first-order valence-electron chi connectivity index (χ1n) is 10.7. The molecule has 166 valence electrons. The van der Waals surface area contributed by atoms with Crippen LogP contribution in [0.3, 0.4) is 0 Å². The number of ether oxygens (including phenoxy) is 3. The molecule has 6 heteroatoms. The molecule has 0 spiro atoms. The van der Waals surface area contributed by atoms with Gasteiger partial charge < -0.3 is 23.8 Å². The van der Waals surface area contributed by atoms with E-state index < -0.39 is 0 Å². The fraction of sp³-hybridized carbons (Fsp3) is 0.400. The van der Waals surface area contributed by atoms with E-state index in [9.17, 15) is 0 Å². The van der Waals surface area contributed by atoms with Gasteiger partial charge >= 0.3 is 0 Å². The Morgan fingerprint density at radius 2 is 1.71 bits per heavy atom. The first-order chi connectivity index (χ1) is 15.2. The van der Waals surface area contributed by atoms with Gasteiger partial charge in [-0.3, -0.25) is 0 Å². The van der Waals surface area contributed by atoms with Crippen molar-refractivity contribution in [1.29, 1.82) is 0 Å². The highest BCUT2D eigenvalue weighted by molar-refractivity contribution is 5.69. The second-order valence-electron chi connectivity index (χ2n) is 7.42. The smallest absolute Gasteiger partial charge is 0.137 e. The van der Waals surface area contributed by atoms with Crippen molar-refractivity contribution in [1.82, 2.24) is 5.16 Å². The molecule has 2 aromatic carbocycles. The van der Waals surface area contributed by atoms with E-state index in [1.807, 2.05) is 12.1 Å². The van der Waals surface area contributed by atoms with Gasteiger partial charge in [-0.2, -0.15) is 0 Å². The zero-order valence-corrected chi connectivity index (χ0v) is 18.3. The topological polar surface area (TPSA) is 74.0 Å². The number of hydrogen-bond donors (Lipinski definition) is 1. The van der Waals surface area contributed by atoms with Gasteiger partial charge in [0.2, 0.25) is 0 Å². The average molecular weight is 426 g/mol. The van der Waals surface area contributed by atoms with Crippen molar-refractivity contribution in [2.24, 2.45) is 0 Å². The molecule has 0 bridgehead atoms. The minimum absolute atomic E-state index is 0.0224. The van der Waals surface area contributed by atoms with Crippen LogP contribution in [0.1, 0.15) is 29.0 Å². The highest BCUT2D eigenvalue weighted by Crippen LogP contribution is 2.30. The molecule has 1 heterocycles. The van der Waals surface area contributed by atoms with Crippen LogP contribution in [-0.2, 0) is 22.5 Å². The second-order valence-corrected chi connectivity index (χ2v) is 7.42. The number of nitrogens with zero attached hydrogens (tertiary/aromatic N) is 1. The Balaban J connectivity index is 1.41. The van der Waals surface area contributed by atoms with Crippen molar-refractivity contribution in [3.63, 3.8) is 0 Å². The summed E-state index contributed by atoms with van der Waals surface area (Å²) < 4.78 is 22.0. The Bertz CT molecular complexity index is 923. The molecule has 0 aliphatic rings. The van der Waals surface area contributed by atoms with E-state index >= 15 is 0 Å². The van der Waals surface area contributed by atoms with Gasteiger partial charge in [0.1, 0.15) is 17.2 Å². The highest BCUT2D eigenvalue weighted by Gasteiger charge is 2.09. The van der Waals surface area contributed by atoms with Crippen molar-refractivity contribution in [3.05, 3.63) is 71.1 Å². The summed E-state index contributed by atoms with van der Waals surface area (Å²) in [5.41, 5.74) is 5.56. The van der Waals surface area contributed by atoms with E-state index in [-0.39, 0.29) is 6.61 Å². The molecule has 3 rings (SSSR count). The summed E-state index contributed by atoms with van der Waals surface area (Å²) in [7, 11) is 0. The Morgan fingerprint density at radius 3 is 2.52 bits per heavy atom. The molecule has 0 atom stereocenters. The second kappa shape index (κ2) is 12.2. The normalized spacial score (nSPS) is 11.1. The summed E-state index contributed by atoms with van der Waals surface area (Å²) in [6.07, 6.45) is 1.59. The number of aliphatic hydroxyl groups is 1. The predicted molar refractivity (Wildman–Crippen MR) is 119 cm³/mol. The summed E-state index contributed by atoms with van der Waals surface area (Å²) in [5, 5.41) is 12.7. The van der Waals surface area contributed by atoms with Crippen molar-refractivity contribution < 1.29 is 23.8 Å². The van der Waals surface area contributed by atoms with Gasteiger partial charge in [0.25, 0.3) is 0 Å².